The van der Waals surface area contributed by atoms with Crippen LogP contribution in [0.5, 0.6) is 11.5 Å². The summed E-state index contributed by atoms with van der Waals surface area (Å²) in [5.74, 6) is 0.371. The van der Waals surface area contributed by atoms with E-state index in [-0.39, 0.29) is 42.3 Å². The Hall–Kier alpha value is -4.71. The zero-order valence-corrected chi connectivity index (χ0v) is 24.4. The summed E-state index contributed by atoms with van der Waals surface area (Å²) in [4.78, 5) is 49.5. The number of methoxy groups -OCH3 is 2. The molecule has 0 aliphatic carbocycles. The van der Waals surface area contributed by atoms with Gasteiger partial charge in [-0.2, -0.15) is 0 Å². The maximum atomic E-state index is 13.5. The first-order valence-electron chi connectivity index (χ1n) is 13.6. The number of hydrogen-bond donors (Lipinski definition) is 2. The summed E-state index contributed by atoms with van der Waals surface area (Å²) in [5, 5.41) is 5.98. The summed E-state index contributed by atoms with van der Waals surface area (Å²) in [6, 6.07) is 17.8. The molecule has 2 N–H and O–H groups in total. The Morgan fingerprint density at radius 1 is 0.953 bits per heavy atom. The zero-order valence-electron chi connectivity index (χ0n) is 23.6. The molecular formula is C31H30FN5O5S. The van der Waals surface area contributed by atoms with Gasteiger partial charge in [0.25, 0.3) is 5.91 Å². The fraction of sp³-hybridized carbons (Fsp3) is 0.258. The van der Waals surface area contributed by atoms with Crippen molar-refractivity contribution in [3.05, 3.63) is 89.2 Å². The minimum Gasteiger partial charge on any atom is -0.493 e. The van der Waals surface area contributed by atoms with Crippen molar-refractivity contribution in [1.29, 1.82) is 0 Å². The van der Waals surface area contributed by atoms with Gasteiger partial charge in [-0.1, -0.05) is 42.1 Å². The number of hydrogen-bond acceptors (Lipinski definition) is 8. The smallest absolute Gasteiger partial charge is 0.259 e. The molecule has 3 aromatic carbocycles. The van der Waals surface area contributed by atoms with Gasteiger partial charge in [-0.25, -0.2) is 14.3 Å². The lowest BCUT2D eigenvalue weighted by Gasteiger charge is -2.25. The largest absolute Gasteiger partial charge is 0.493 e. The summed E-state index contributed by atoms with van der Waals surface area (Å²) in [5.41, 5.74) is 3.02. The van der Waals surface area contributed by atoms with E-state index < -0.39 is 6.04 Å². The number of carbonyl (C=O) groups is 3. The minimum absolute atomic E-state index is 0.0345. The van der Waals surface area contributed by atoms with E-state index in [2.05, 4.69) is 20.6 Å². The lowest BCUT2D eigenvalue weighted by molar-refractivity contribution is -0.128. The van der Waals surface area contributed by atoms with Crippen LogP contribution in [-0.2, 0) is 27.3 Å². The molecule has 12 heteroatoms. The number of aliphatic imine (C=N–C) groups is 2. The van der Waals surface area contributed by atoms with E-state index in [9.17, 15) is 18.8 Å². The number of nitrogens with zero attached hydrogens (tertiary/aromatic N) is 3. The molecule has 0 spiro atoms. The summed E-state index contributed by atoms with van der Waals surface area (Å²) < 4.78 is 23.8. The Kier molecular flexibility index (Phi) is 9.35. The highest BCUT2D eigenvalue weighted by molar-refractivity contribution is 8.14. The van der Waals surface area contributed by atoms with Crippen molar-refractivity contribution in [2.45, 2.75) is 25.4 Å². The number of thioether (sulfide) groups is 1. The van der Waals surface area contributed by atoms with Crippen LogP contribution in [0.4, 0.5) is 10.1 Å². The van der Waals surface area contributed by atoms with Gasteiger partial charge in [-0.3, -0.25) is 19.4 Å². The summed E-state index contributed by atoms with van der Waals surface area (Å²) in [6.45, 7) is 0.613. The van der Waals surface area contributed by atoms with Gasteiger partial charge in [0, 0.05) is 18.7 Å². The second kappa shape index (κ2) is 13.5. The first-order chi connectivity index (χ1) is 20.9. The molecule has 2 aliphatic rings. The molecule has 2 aliphatic heterocycles. The van der Waals surface area contributed by atoms with Gasteiger partial charge in [-0.05, 0) is 53.9 Å². The van der Waals surface area contributed by atoms with Gasteiger partial charge in [0.05, 0.1) is 32.1 Å². The molecule has 1 atom stereocenters. The summed E-state index contributed by atoms with van der Waals surface area (Å²) >= 11 is 1.13. The molecule has 0 radical (unpaired) electrons. The zero-order chi connectivity index (χ0) is 30.3. The van der Waals surface area contributed by atoms with Crippen LogP contribution in [-0.4, -0.2) is 66.2 Å². The van der Waals surface area contributed by atoms with E-state index in [0.717, 1.165) is 22.9 Å². The fourth-order valence-corrected chi connectivity index (χ4v) is 5.48. The fourth-order valence-electron chi connectivity index (χ4n) is 4.65. The Bertz CT molecular complexity index is 1590. The minimum atomic E-state index is -0.935. The van der Waals surface area contributed by atoms with Crippen LogP contribution in [0.15, 0.2) is 76.7 Å². The van der Waals surface area contributed by atoms with Gasteiger partial charge in [0.2, 0.25) is 11.8 Å². The molecule has 0 fully saturated rings. The predicted octanol–water partition coefficient (Wildman–Crippen LogP) is 3.60. The number of fused-ring (bicyclic) bond motifs is 3. The van der Waals surface area contributed by atoms with E-state index >= 15 is 0 Å². The molecule has 0 saturated heterocycles. The first-order valence-corrected chi connectivity index (χ1v) is 14.6. The SMILES string of the molecule is COc1ccc(CCNC(=O)CSC2=Nc3ccccc3C3=NC(CC(=O)NCc4ccc(F)cc4)C(=O)N23)cc1OC. The third-order valence-electron chi connectivity index (χ3n) is 6.85. The van der Waals surface area contributed by atoms with E-state index in [1.165, 1.54) is 17.0 Å². The van der Waals surface area contributed by atoms with E-state index in [1.54, 1.807) is 26.4 Å². The maximum Gasteiger partial charge on any atom is 0.259 e. The molecule has 0 saturated carbocycles. The summed E-state index contributed by atoms with van der Waals surface area (Å²) in [7, 11) is 3.14. The Morgan fingerprint density at radius 3 is 2.47 bits per heavy atom. The quantitative estimate of drug-likeness (QED) is 0.346. The molecule has 0 aromatic heterocycles. The second-order valence-corrected chi connectivity index (χ2v) is 10.7. The van der Waals surface area contributed by atoms with Crippen molar-refractivity contribution in [2.75, 3.05) is 26.5 Å². The first kappa shape index (κ1) is 29.8. The maximum absolute atomic E-state index is 13.5. The van der Waals surface area contributed by atoms with E-state index in [4.69, 9.17) is 9.47 Å². The third-order valence-corrected chi connectivity index (χ3v) is 7.78. The van der Waals surface area contributed by atoms with Crippen LogP contribution >= 0.6 is 11.8 Å². The Balaban J connectivity index is 1.19. The van der Waals surface area contributed by atoms with Gasteiger partial charge in [0.15, 0.2) is 16.7 Å². The number of amides is 3. The number of rotatable bonds is 11. The van der Waals surface area contributed by atoms with Crippen molar-refractivity contribution in [3.8, 4) is 11.5 Å². The highest BCUT2D eigenvalue weighted by Gasteiger charge is 2.42. The third kappa shape index (κ3) is 7.03. The Morgan fingerprint density at radius 2 is 1.70 bits per heavy atom. The Labute approximate surface area is 252 Å². The number of carbonyl (C=O) groups excluding carboxylic acids is 3. The number of halogens is 1. The molecule has 222 valence electrons. The van der Waals surface area contributed by atoms with Crippen molar-refractivity contribution in [3.63, 3.8) is 0 Å². The molecule has 3 aromatic rings. The standard InChI is InChI=1S/C31H30FN5O5S/c1-41-25-12-9-19(15-26(25)42-2)13-14-33-28(39)18-43-31-36-23-6-4-3-5-22(23)29-35-24(30(40)37(29)31)16-27(38)34-17-20-7-10-21(32)11-8-20/h3-12,15,24H,13-14,16-18H2,1-2H3,(H,33,39)(H,34,38). The molecule has 1 unspecified atom stereocenters. The van der Waals surface area contributed by atoms with Gasteiger partial charge < -0.3 is 20.1 Å². The van der Waals surface area contributed by atoms with Crippen molar-refractivity contribution in [2.24, 2.45) is 9.98 Å². The molecule has 2 heterocycles. The highest BCUT2D eigenvalue weighted by atomic mass is 32.2. The molecule has 43 heavy (non-hydrogen) atoms. The average molecular weight is 604 g/mol. The second-order valence-electron chi connectivity index (χ2n) is 9.74. The van der Waals surface area contributed by atoms with Gasteiger partial charge in [0.1, 0.15) is 17.7 Å². The van der Waals surface area contributed by atoms with Crippen LogP contribution in [0, 0.1) is 5.82 Å². The average Bonchev–Trinajstić information content (AvgIpc) is 3.35. The predicted molar refractivity (Wildman–Crippen MR) is 162 cm³/mol. The van der Waals surface area contributed by atoms with Crippen LogP contribution < -0.4 is 20.1 Å². The van der Waals surface area contributed by atoms with Crippen molar-refractivity contribution in [1.82, 2.24) is 15.5 Å². The molecule has 10 nitrogen and oxygen atoms in total. The van der Waals surface area contributed by atoms with E-state index in [0.29, 0.717) is 46.7 Å². The van der Waals surface area contributed by atoms with Crippen molar-refractivity contribution < 1.29 is 28.2 Å². The van der Waals surface area contributed by atoms with Crippen LogP contribution in [0.3, 0.4) is 0 Å². The summed E-state index contributed by atoms with van der Waals surface area (Å²) in [6.07, 6.45) is 0.439. The number of amidine groups is 2. The highest BCUT2D eigenvalue weighted by Crippen LogP contribution is 2.34. The molecular weight excluding hydrogens is 573 g/mol. The number of nitrogens with one attached hydrogen (secondary N) is 2. The number of ether oxygens (including phenoxy) is 2. The van der Waals surface area contributed by atoms with Crippen molar-refractivity contribution >= 4 is 46.2 Å². The number of benzene rings is 3. The van der Waals surface area contributed by atoms with E-state index in [1.807, 2.05) is 42.5 Å². The molecule has 3 amide bonds. The van der Waals surface area contributed by atoms with Crippen LogP contribution in [0.2, 0.25) is 0 Å². The van der Waals surface area contributed by atoms with Gasteiger partial charge in [-0.15, -0.1) is 0 Å². The normalized spacial score (nSPS) is 15.2. The number of para-hydroxylation sites is 1. The topological polar surface area (TPSA) is 122 Å². The lowest BCUT2D eigenvalue weighted by Crippen LogP contribution is -2.42. The lowest BCUT2D eigenvalue weighted by atomic mass is 10.1. The van der Waals surface area contributed by atoms with Crippen LogP contribution in [0.1, 0.15) is 23.1 Å². The molecule has 5 rings (SSSR count). The van der Waals surface area contributed by atoms with Crippen LogP contribution in [0.25, 0.3) is 0 Å². The molecule has 0 bridgehead atoms. The monoisotopic (exact) mass is 603 g/mol. The van der Waals surface area contributed by atoms with Gasteiger partial charge >= 0.3 is 0 Å².